The summed E-state index contributed by atoms with van der Waals surface area (Å²) in [5.41, 5.74) is 1.51. The van der Waals surface area contributed by atoms with Crippen LogP contribution < -0.4 is 15.4 Å². The Bertz CT molecular complexity index is 433. The second kappa shape index (κ2) is 7.11. The topological polar surface area (TPSA) is 70.6 Å². The van der Waals surface area contributed by atoms with E-state index in [1.807, 2.05) is 19.9 Å². The van der Waals surface area contributed by atoms with Gasteiger partial charge in [0.2, 0.25) is 5.91 Å². The van der Waals surface area contributed by atoms with Gasteiger partial charge >= 0.3 is 0 Å². The van der Waals surface area contributed by atoms with E-state index in [-0.39, 0.29) is 24.6 Å². The normalized spacial score (nSPS) is 12.3. The summed E-state index contributed by atoms with van der Waals surface area (Å²) in [6, 6.07) is 5.37. The van der Waals surface area contributed by atoms with Crippen LogP contribution in [0.3, 0.4) is 0 Å². The van der Waals surface area contributed by atoms with Gasteiger partial charge in [0.1, 0.15) is 5.75 Å². The van der Waals surface area contributed by atoms with Crippen LogP contribution in [0.25, 0.3) is 0 Å². The molecule has 0 aliphatic heterocycles. The van der Waals surface area contributed by atoms with Crippen LogP contribution in [0.1, 0.15) is 32.4 Å². The van der Waals surface area contributed by atoms with Crippen molar-refractivity contribution in [2.24, 2.45) is 0 Å². The number of ether oxygens (including phenoxy) is 1. The zero-order valence-electron chi connectivity index (χ0n) is 11.9. The lowest BCUT2D eigenvalue weighted by molar-refractivity contribution is -0.114. The van der Waals surface area contributed by atoms with Crippen LogP contribution in [0.4, 0.5) is 5.69 Å². The van der Waals surface area contributed by atoms with E-state index in [0.29, 0.717) is 11.4 Å². The molecule has 0 saturated heterocycles. The molecule has 5 heteroatoms. The van der Waals surface area contributed by atoms with Crippen LogP contribution in [0.15, 0.2) is 18.2 Å². The van der Waals surface area contributed by atoms with Crippen molar-refractivity contribution < 1.29 is 14.6 Å². The van der Waals surface area contributed by atoms with Crippen molar-refractivity contribution in [2.45, 2.75) is 32.9 Å². The van der Waals surface area contributed by atoms with Crippen molar-refractivity contribution in [2.75, 3.05) is 19.0 Å². The molecule has 0 spiro atoms. The van der Waals surface area contributed by atoms with E-state index in [4.69, 9.17) is 4.74 Å². The standard InChI is InChI=1S/C14H22N2O3/c1-9(2)15-13(8-17)12-7-11(16-10(3)18)5-6-14(12)19-4/h5-7,9,13,15,17H,8H2,1-4H3,(H,16,18). The number of amides is 1. The number of benzene rings is 1. The second-order valence-electron chi connectivity index (χ2n) is 4.69. The molecule has 0 aliphatic carbocycles. The Labute approximate surface area is 114 Å². The Morgan fingerprint density at radius 1 is 1.42 bits per heavy atom. The lowest BCUT2D eigenvalue weighted by Crippen LogP contribution is -2.30. The van der Waals surface area contributed by atoms with Crippen molar-refractivity contribution >= 4 is 11.6 Å². The van der Waals surface area contributed by atoms with Crippen molar-refractivity contribution in [3.63, 3.8) is 0 Å². The summed E-state index contributed by atoms with van der Waals surface area (Å²) < 4.78 is 5.31. The van der Waals surface area contributed by atoms with E-state index >= 15 is 0 Å². The molecule has 0 fully saturated rings. The van der Waals surface area contributed by atoms with E-state index in [1.54, 1.807) is 19.2 Å². The van der Waals surface area contributed by atoms with Gasteiger partial charge in [-0.15, -0.1) is 0 Å². The minimum atomic E-state index is -0.233. The first-order valence-electron chi connectivity index (χ1n) is 6.30. The first-order valence-corrected chi connectivity index (χ1v) is 6.30. The Balaban J connectivity index is 3.09. The van der Waals surface area contributed by atoms with Gasteiger partial charge in [-0.1, -0.05) is 13.8 Å². The van der Waals surface area contributed by atoms with Gasteiger partial charge in [-0.25, -0.2) is 0 Å². The van der Waals surface area contributed by atoms with Gasteiger partial charge < -0.3 is 20.5 Å². The second-order valence-corrected chi connectivity index (χ2v) is 4.69. The average molecular weight is 266 g/mol. The summed E-state index contributed by atoms with van der Waals surface area (Å²) in [4.78, 5) is 11.1. The van der Waals surface area contributed by atoms with Gasteiger partial charge in [0, 0.05) is 24.2 Å². The number of carbonyl (C=O) groups is 1. The van der Waals surface area contributed by atoms with Gasteiger partial charge in [-0.2, -0.15) is 0 Å². The smallest absolute Gasteiger partial charge is 0.221 e. The van der Waals surface area contributed by atoms with Gasteiger partial charge in [-0.05, 0) is 18.2 Å². The summed E-state index contributed by atoms with van der Waals surface area (Å²) >= 11 is 0. The first-order chi connectivity index (χ1) is 8.97. The lowest BCUT2D eigenvalue weighted by Gasteiger charge is -2.22. The maximum Gasteiger partial charge on any atom is 0.221 e. The zero-order valence-corrected chi connectivity index (χ0v) is 11.9. The minimum Gasteiger partial charge on any atom is -0.496 e. The van der Waals surface area contributed by atoms with Gasteiger partial charge in [-0.3, -0.25) is 4.79 Å². The maximum atomic E-state index is 11.1. The average Bonchev–Trinajstić information content (AvgIpc) is 2.35. The number of aliphatic hydroxyl groups excluding tert-OH is 1. The van der Waals surface area contributed by atoms with E-state index in [1.165, 1.54) is 6.92 Å². The molecule has 1 aromatic carbocycles. The molecule has 1 aromatic rings. The van der Waals surface area contributed by atoms with E-state index < -0.39 is 0 Å². The number of rotatable bonds is 6. The largest absolute Gasteiger partial charge is 0.496 e. The van der Waals surface area contributed by atoms with Gasteiger partial charge in [0.05, 0.1) is 19.8 Å². The molecule has 0 aromatic heterocycles. The highest BCUT2D eigenvalue weighted by atomic mass is 16.5. The van der Waals surface area contributed by atoms with Crippen LogP contribution >= 0.6 is 0 Å². The third-order valence-corrected chi connectivity index (χ3v) is 2.64. The molecule has 1 rings (SSSR count). The van der Waals surface area contributed by atoms with E-state index in [0.717, 1.165) is 5.56 Å². The predicted octanol–water partition coefficient (Wildman–Crippen LogP) is 1.68. The van der Waals surface area contributed by atoms with Gasteiger partial charge in [0.15, 0.2) is 0 Å². The molecule has 0 bridgehead atoms. The summed E-state index contributed by atoms with van der Waals surface area (Å²) in [5.74, 6) is 0.551. The molecule has 0 heterocycles. The van der Waals surface area contributed by atoms with Crippen molar-refractivity contribution in [1.29, 1.82) is 0 Å². The fourth-order valence-corrected chi connectivity index (χ4v) is 1.93. The molecular formula is C14H22N2O3. The summed E-state index contributed by atoms with van der Waals surface area (Å²) in [6.07, 6.45) is 0. The minimum absolute atomic E-state index is 0.0436. The monoisotopic (exact) mass is 266 g/mol. The summed E-state index contributed by atoms with van der Waals surface area (Å²) in [5, 5.41) is 15.5. The van der Waals surface area contributed by atoms with Crippen molar-refractivity contribution in [3.8, 4) is 5.75 Å². The van der Waals surface area contributed by atoms with Crippen LogP contribution in [0, 0.1) is 0 Å². The summed E-state index contributed by atoms with van der Waals surface area (Å²) in [6.45, 7) is 5.43. The number of hydrogen-bond donors (Lipinski definition) is 3. The third-order valence-electron chi connectivity index (χ3n) is 2.64. The van der Waals surface area contributed by atoms with E-state index in [9.17, 15) is 9.90 Å². The first kappa shape index (κ1) is 15.5. The molecule has 1 atom stereocenters. The molecular weight excluding hydrogens is 244 g/mol. The van der Waals surface area contributed by atoms with E-state index in [2.05, 4.69) is 10.6 Å². The number of aliphatic hydroxyl groups is 1. The van der Waals surface area contributed by atoms with Crippen molar-refractivity contribution in [3.05, 3.63) is 23.8 Å². The lowest BCUT2D eigenvalue weighted by atomic mass is 10.0. The molecule has 5 nitrogen and oxygen atoms in total. The fourth-order valence-electron chi connectivity index (χ4n) is 1.93. The third kappa shape index (κ3) is 4.54. The molecule has 0 saturated carbocycles. The number of nitrogens with one attached hydrogen (secondary N) is 2. The molecule has 3 N–H and O–H groups in total. The van der Waals surface area contributed by atoms with Crippen LogP contribution in [0.5, 0.6) is 5.75 Å². The Morgan fingerprint density at radius 3 is 2.58 bits per heavy atom. The number of carbonyl (C=O) groups excluding carboxylic acids is 1. The molecule has 19 heavy (non-hydrogen) atoms. The maximum absolute atomic E-state index is 11.1. The van der Waals surface area contributed by atoms with Crippen molar-refractivity contribution in [1.82, 2.24) is 5.32 Å². The highest BCUT2D eigenvalue weighted by Gasteiger charge is 2.17. The Hall–Kier alpha value is -1.59. The SMILES string of the molecule is COc1ccc(NC(C)=O)cc1C(CO)NC(C)C. The Kier molecular flexibility index (Phi) is 5.79. The highest BCUT2D eigenvalue weighted by Crippen LogP contribution is 2.28. The molecule has 1 unspecified atom stereocenters. The van der Waals surface area contributed by atoms with Gasteiger partial charge in [0.25, 0.3) is 0 Å². The Morgan fingerprint density at radius 2 is 2.11 bits per heavy atom. The molecule has 0 aliphatic rings. The fraction of sp³-hybridized carbons (Fsp3) is 0.500. The molecule has 106 valence electrons. The highest BCUT2D eigenvalue weighted by molar-refractivity contribution is 5.88. The zero-order chi connectivity index (χ0) is 14.4. The van der Waals surface area contributed by atoms with Crippen LogP contribution in [-0.2, 0) is 4.79 Å². The predicted molar refractivity (Wildman–Crippen MR) is 75.4 cm³/mol. The molecule has 0 radical (unpaired) electrons. The van der Waals surface area contributed by atoms with Crippen LogP contribution in [0.2, 0.25) is 0 Å². The van der Waals surface area contributed by atoms with Crippen LogP contribution in [-0.4, -0.2) is 30.8 Å². The number of anilines is 1. The molecule has 1 amide bonds. The summed E-state index contributed by atoms with van der Waals surface area (Å²) in [7, 11) is 1.58. The number of methoxy groups -OCH3 is 1. The number of hydrogen-bond acceptors (Lipinski definition) is 4. The quantitative estimate of drug-likeness (QED) is 0.732.